The molecule has 1 N–H and O–H groups in total. The van der Waals surface area contributed by atoms with Crippen LogP contribution in [0, 0.1) is 12.3 Å². The number of aromatic nitrogens is 1. The first-order chi connectivity index (χ1) is 13.2. The molecule has 1 aromatic carbocycles. The highest BCUT2D eigenvalue weighted by atomic mass is 35.5. The Labute approximate surface area is 172 Å². The van der Waals surface area contributed by atoms with Gasteiger partial charge in [0.1, 0.15) is 0 Å². The molecule has 1 unspecified atom stereocenters. The highest BCUT2D eigenvalue weighted by molar-refractivity contribution is 6.29. The van der Waals surface area contributed by atoms with Crippen LogP contribution in [0.1, 0.15) is 49.6 Å². The molecule has 1 aliphatic heterocycles. The average Bonchev–Trinajstić information content (AvgIpc) is 2.96. The Bertz CT molecular complexity index is 806. The zero-order chi connectivity index (χ0) is 20.3. The van der Waals surface area contributed by atoms with Gasteiger partial charge in [-0.1, -0.05) is 50.2 Å². The minimum absolute atomic E-state index is 0.0304. The largest absolute Gasteiger partial charge is 0.352 e. The Morgan fingerprint density at radius 3 is 2.68 bits per heavy atom. The third-order valence-corrected chi connectivity index (χ3v) is 5.87. The van der Waals surface area contributed by atoms with Crippen molar-refractivity contribution in [3.8, 4) is 0 Å². The smallest absolute Gasteiger partial charge is 0.229 e. The highest BCUT2D eigenvalue weighted by Gasteiger charge is 2.29. The summed E-state index contributed by atoms with van der Waals surface area (Å²) in [6.07, 6.45) is 1.97. The fourth-order valence-electron chi connectivity index (χ4n) is 3.65. The fourth-order valence-corrected chi connectivity index (χ4v) is 3.92. The molecule has 5 nitrogen and oxygen atoms in total. The average molecular weight is 404 g/mol. The van der Waals surface area contributed by atoms with Crippen LogP contribution in [0.4, 0.5) is 0 Å². The number of carbonyl (C=O) groups excluding carboxylic acids is 1. The summed E-state index contributed by atoms with van der Waals surface area (Å²) >= 11 is 6.01. The maximum atomic E-state index is 12.6. The van der Waals surface area contributed by atoms with Crippen molar-refractivity contribution in [3.05, 3.63) is 51.9 Å². The molecular weight excluding hydrogens is 374 g/mol. The van der Waals surface area contributed by atoms with Crippen molar-refractivity contribution in [2.75, 3.05) is 13.1 Å². The number of benzene rings is 1. The van der Waals surface area contributed by atoms with Gasteiger partial charge < -0.3 is 9.84 Å². The molecule has 0 fully saturated rings. The standard InChI is InChI=1S/C22H30ClN3O2/c1-15-18(21(23)28-25-15)9-10-20(27)24-19(22(2,3)4)14-26-12-11-16-7-5-6-8-17(16)13-26/h5-8,19H,9-14H2,1-4H3,(H,24,27). The molecule has 0 spiro atoms. The SMILES string of the molecule is Cc1noc(Cl)c1CCC(=O)NC(CN1CCc2ccccc2C1)C(C)(C)C. The van der Waals surface area contributed by atoms with Crippen molar-refractivity contribution < 1.29 is 9.32 Å². The third-order valence-electron chi connectivity index (χ3n) is 5.57. The van der Waals surface area contributed by atoms with E-state index in [9.17, 15) is 4.79 Å². The Hall–Kier alpha value is -1.85. The number of nitrogens with zero attached hydrogens (tertiary/aromatic N) is 2. The molecule has 2 aromatic rings. The van der Waals surface area contributed by atoms with E-state index >= 15 is 0 Å². The summed E-state index contributed by atoms with van der Waals surface area (Å²) in [6, 6.07) is 8.70. The lowest BCUT2D eigenvalue weighted by molar-refractivity contribution is -0.122. The van der Waals surface area contributed by atoms with Crippen molar-refractivity contribution >= 4 is 17.5 Å². The summed E-state index contributed by atoms with van der Waals surface area (Å²) in [7, 11) is 0. The highest BCUT2D eigenvalue weighted by Crippen LogP contribution is 2.25. The summed E-state index contributed by atoms with van der Waals surface area (Å²) in [5, 5.41) is 7.38. The molecule has 3 rings (SSSR count). The Balaban J connectivity index is 1.59. The quantitative estimate of drug-likeness (QED) is 0.786. The van der Waals surface area contributed by atoms with Crippen LogP contribution in [0.25, 0.3) is 0 Å². The van der Waals surface area contributed by atoms with E-state index in [4.69, 9.17) is 16.1 Å². The molecule has 0 aliphatic carbocycles. The maximum absolute atomic E-state index is 12.6. The molecule has 0 bridgehead atoms. The van der Waals surface area contributed by atoms with Crippen LogP contribution in [-0.4, -0.2) is 35.1 Å². The predicted molar refractivity (Wildman–Crippen MR) is 111 cm³/mol. The van der Waals surface area contributed by atoms with Crippen LogP contribution < -0.4 is 5.32 Å². The molecule has 1 amide bonds. The first-order valence-electron chi connectivity index (χ1n) is 9.93. The van der Waals surface area contributed by atoms with E-state index < -0.39 is 0 Å². The lowest BCUT2D eigenvalue weighted by Crippen LogP contribution is -2.51. The van der Waals surface area contributed by atoms with Crippen LogP contribution >= 0.6 is 11.6 Å². The van der Waals surface area contributed by atoms with Crippen LogP contribution in [0.2, 0.25) is 5.22 Å². The second kappa shape index (κ2) is 8.66. The monoisotopic (exact) mass is 403 g/mol. The summed E-state index contributed by atoms with van der Waals surface area (Å²) < 4.78 is 4.97. The molecule has 28 heavy (non-hydrogen) atoms. The van der Waals surface area contributed by atoms with Crippen LogP contribution in [0.5, 0.6) is 0 Å². The van der Waals surface area contributed by atoms with Crippen molar-refractivity contribution in [1.29, 1.82) is 0 Å². The lowest BCUT2D eigenvalue weighted by atomic mass is 9.85. The predicted octanol–water partition coefficient (Wildman–Crippen LogP) is 4.16. The second-order valence-electron chi connectivity index (χ2n) is 8.76. The van der Waals surface area contributed by atoms with Gasteiger partial charge >= 0.3 is 0 Å². The second-order valence-corrected chi connectivity index (χ2v) is 9.10. The molecule has 2 heterocycles. The number of amides is 1. The summed E-state index contributed by atoms with van der Waals surface area (Å²) in [5.41, 5.74) is 4.37. The van der Waals surface area contributed by atoms with E-state index in [0.29, 0.717) is 12.8 Å². The fraction of sp³-hybridized carbons (Fsp3) is 0.545. The van der Waals surface area contributed by atoms with Gasteiger partial charge in [-0.05, 0) is 47.9 Å². The van der Waals surface area contributed by atoms with E-state index in [1.165, 1.54) is 11.1 Å². The number of fused-ring (bicyclic) bond motifs is 1. The van der Waals surface area contributed by atoms with Crippen LogP contribution in [-0.2, 0) is 24.2 Å². The Morgan fingerprint density at radius 2 is 2.04 bits per heavy atom. The van der Waals surface area contributed by atoms with E-state index in [1.54, 1.807) is 0 Å². The molecule has 1 atom stereocenters. The van der Waals surface area contributed by atoms with E-state index in [-0.39, 0.29) is 22.6 Å². The van der Waals surface area contributed by atoms with E-state index in [2.05, 4.69) is 60.4 Å². The zero-order valence-electron chi connectivity index (χ0n) is 17.2. The summed E-state index contributed by atoms with van der Waals surface area (Å²) in [4.78, 5) is 15.1. The first-order valence-corrected chi connectivity index (χ1v) is 10.3. The zero-order valence-corrected chi connectivity index (χ0v) is 18.0. The molecule has 0 saturated heterocycles. The summed E-state index contributed by atoms with van der Waals surface area (Å²) in [6.45, 7) is 11.2. The maximum Gasteiger partial charge on any atom is 0.229 e. The molecular formula is C22H30ClN3O2. The molecule has 1 aromatic heterocycles. The lowest BCUT2D eigenvalue weighted by Gasteiger charge is -2.38. The van der Waals surface area contributed by atoms with Gasteiger partial charge in [0.2, 0.25) is 11.1 Å². The van der Waals surface area contributed by atoms with E-state index in [1.807, 2.05) is 6.92 Å². The van der Waals surface area contributed by atoms with Crippen molar-refractivity contribution in [3.63, 3.8) is 0 Å². The van der Waals surface area contributed by atoms with Gasteiger partial charge in [-0.15, -0.1) is 0 Å². The summed E-state index contributed by atoms with van der Waals surface area (Å²) in [5.74, 6) is 0.0361. The molecule has 0 radical (unpaired) electrons. The number of hydrogen-bond acceptors (Lipinski definition) is 4. The van der Waals surface area contributed by atoms with Gasteiger partial charge in [0, 0.05) is 37.7 Å². The number of carbonyl (C=O) groups is 1. The first kappa shape index (κ1) is 20.9. The van der Waals surface area contributed by atoms with Crippen LogP contribution in [0.3, 0.4) is 0 Å². The van der Waals surface area contributed by atoms with Gasteiger partial charge in [-0.2, -0.15) is 0 Å². The molecule has 152 valence electrons. The van der Waals surface area contributed by atoms with Gasteiger partial charge in [-0.3, -0.25) is 9.69 Å². The van der Waals surface area contributed by atoms with Gasteiger partial charge in [0.15, 0.2) is 0 Å². The van der Waals surface area contributed by atoms with Crippen molar-refractivity contribution in [1.82, 2.24) is 15.4 Å². The normalized spacial score (nSPS) is 15.9. The topological polar surface area (TPSA) is 58.4 Å². The minimum Gasteiger partial charge on any atom is -0.352 e. The minimum atomic E-state index is -0.0304. The van der Waals surface area contributed by atoms with E-state index in [0.717, 1.165) is 37.3 Å². The Kier molecular flexibility index (Phi) is 6.46. The molecule has 0 saturated carbocycles. The van der Waals surface area contributed by atoms with Gasteiger partial charge in [0.25, 0.3) is 0 Å². The number of aryl methyl sites for hydroxylation is 1. The third kappa shape index (κ3) is 5.15. The number of hydrogen-bond donors (Lipinski definition) is 1. The molecule has 1 aliphatic rings. The number of nitrogens with one attached hydrogen (secondary N) is 1. The number of rotatable bonds is 6. The Morgan fingerprint density at radius 1 is 1.32 bits per heavy atom. The van der Waals surface area contributed by atoms with Crippen molar-refractivity contribution in [2.24, 2.45) is 5.41 Å². The van der Waals surface area contributed by atoms with Gasteiger partial charge in [-0.25, -0.2) is 0 Å². The number of halogens is 1. The van der Waals surface area contributed by atoms with Crippen LogP contribution in [0.15, 0.2) is 28.8 Å². The van der Waals surface area contributed by atoms with Crippen molar-refractivity contribution in [2.45, 2.75) is 59.5 Å². The molecule has 6 heteroatoms. The van der Waals surface area contributed by atoms with Gasteiger partial charge in [0.05, 0.1) is 5.69 Å².